The molecule has 0 radical (unpaired) electrons. The fourth-order valence-corrected chi connectivity index (χ4v) is 3.73. The van der Waals surface area contributed by atoms with Crippen LogP contribution in [0.15, 0.2) is 49.6 Å². The lowest BCUT2D eigenvalue weighted by Crippen LogP contribution is -2.43. The number of aromatic nitrogens is 2. The summed E-state index contributed by atoms with van der Waals surface area (Å²) in [5.74, 6) is -0.546. The first-order valence-corrected chi connectivity index (χ1v) is 10.1. The van der Waals surface area contributed by atoms with Gasteiger partial charge in [-0.2, -0.15) is 0 Å². The Morgan fingerprint density at radius 1 is 1.17 bits per heavy atom. The molecule has 1 aromatic heterocycles. The third kappa shape index (κ3) is 3.81. The quantitative estimate of drug-likeness (QED) is 0.707. The third-order valence-corrected chi connectivity index (χ3v) is 5.49. The van der Waals surface area contributed by atoms with Crippen molar-refractivity contribution in [1.29, 1.82) is 0 Å². The topological polar surface area (TPSA) is 82.3 Å². The van der Waals surface area contributed by atoms with E-state index in [9.17, 15) is 14.4 Å². The van der Waals surface area contributed by atoms with Gasteiger partial charge in [0.1, 0.15) is 5.82 Å². The summed E-state index contributed by atoms with van der Waals surface area (Å²) in [5, 5.41) is 3.09. The SMILES string of the molecule is CC1=C(C(=O)OCC(C)C)[C@H](c2ccc(Br)cc2)c2c(n(C)c(=O)n(C)c2=O)N1. The van der Waals surface area contributed by atoms with Crippen LogP contribution in [0.25, 0.3) is 0 Å². The Kier molecular flexibility index (Phi) is 5.84. The van der Waals surface area contributed by atoms with E-state index in [4.69, 9.17) is 4.74 Å². The molecule has 1 aliphatic heterocycles. The van der Waals surface area contributed by atoms with Crippen molar-refractivity contribution in [2.24, 2.45) is 20.0 Å². The minimum absolute atomic E-state index is 0.184. The molecule has 0 saturated heterocycles. The van der Waals surface area contributed by atoms with Crippen molar-refractivity contribution in [3.05, 3.63) is 72.0 Å². The minimum atomic E-state index is -0.649. The fraction of sp³-hybridized carbons (Fsp3) is 0.381. The Labute approximate surface area is 177 Å². The number of benzene rings is 1. The molecule has 8 heteroatoms. The monoisotopic (exact) mass is 461 g/mol. The molecule has 2 heterocycles. The number of allylic oxidation sites excluding steroid dienone is 1. The Morgan fingerprint density at radius 3 is 2.38 bits per heavy atom. The van der Waals surface area contributed by atoms with Gasteiger partial charge in [-0.1, -0.05) is 41.9 Å². The molecule has 1 aliphatic rings. The molecule has 0 fully saturated rings. The number of carbonyl (C=O) groups is 1. The second-order valence-corrected chi connectivity index (χ2v) is 8.52. The lowest BCUT2D eigenvalue weighted by atomic mass is 9.82. The van der Waals surface area contributed by atoms with E-state index in [1.807, 2.05) is 38.1 Å². The number of anilines is 1. The Morgan fingerprint density at radius 2 is 1.79 bits per heavy atom. The molecule has 0 unspecified atom stereocenters. The standard InChI is InChI=1S/C21H24BrN3O4/c1-11(2)10-29-20(27)15-12(3)23-18-17(19(26)25(5)21(28)24(18)4)16(15)13-6-8-14(22)9-7-13/h6-9,11,16,23H,10H2,1-5H3/t16-/m0/s1. The highest BCUT2D eigenvalue weighted by Crippen LogP contribution is 2.40. The van der Waals surface area contributed by atoms with Gasteiger partial charge in [0.15, 0.2) is 0 Å². The number of carbonyl (C=O) groups excluding carboxylic acids is 1. The highest BCUT2D eigenvalue weighted by molar-refractivity contribution is 9.10. The molecular formula is C21H24BrN3O4. The van der Waals surface area contributed by atoms with Gasteiger partial charge >= 0.3 is 11.7 Å². The molecule has 0 amide bonds. The summed E-state index contributed by atoms with van der Waals surface area (Å²) in [6.07, 6.45) is 0. The number of halogens is 1. The van der Waals surface area contributed by atoms with Gasteiger partial charge in [-0.15, -0.1) is 0 Å². The lowest BCUT2D eigenvalue weighted by Gasteiger charge is -2.31. The van der Waals surface area contributed by atoms with Gasteiger partial charge in [-0.25, -0.2) is 9.59 Å². The molecule has 29 heavy (non-hydrogen) atoms. The van der Waals surface area contributed by atoms with Gasteiger partial charge < -0.3 is 10.1 Å². The van der Waals surface area contributed by atoms with Crippen LogP contribution in [0.5, 0.6) is 0 Å². The number of hydrogen-bond acceptors (Lipinski definition) is 5. The minimum Gasteiger partial charge on any atom is -0.462 e. The zero-order valence-electron chi connectivity index (χ0n) is 17.1. The van der Waals surface area contributed by atoms with Crippen molar-refractivity contribution < 1.29 is 9.53 Å². The molecule has 1 atom stereocenters. The zero-order valence-corrected chi connectivity index (χ0v) is 18.7. The van der Waals surface area contributed by atoms with Crippen molar-refractivity contribution in [2.75, 3.05) is 11.9 Å². The van der Waals surface area contributed by atoms with E-state index in [2.05, 4.69) is 21.2 Å². The summed E-state index contributed by atoms with van der Waals surface area (Å²) in [6.45, 7) is 5.95. The van der Waals surface area contributed by atoms with Crippen LogP contribution in [0.1, 0.15) is 37.8 Å². The average Bonchev–Trinajstić information content (AvgIpc) is 2.68. The Hall–Kier alpha value is -2.61. The van der Waals surface area contributed by atoms with Crippen LogP contribution in [0, 0.1) is 5.92 Å². The van der Waals surface area contributed by atoms with E-state index >= 15 is 0 Å². The molecule has 154 valence electrons. The summed E-state index contributed by atoms with van der Waals surface area (Å²) in [6, 6.07) is 7.43. The normalized spacial score (nSPS) is 15.9. The summed E-state index contributed by atoms with van der Waals surface area (Å²) in [5.41, 5.74) is 1.17. The smallest absolute Gasteiger partial charge is 0.336 e. The lowest BCUT2D eigenvalue weighted by molar-refractivity contribution is -0.140. The molecule has 2 aromatic rings. The number of rotatable bonds is 4. The maximum Gasteiger partial charge on any atom is 0.336 e. The highest BCUT2D eigenvalue weighted by Gasteiger charge is 2.37. The predicted molar refractivity (Wildman–Crippen MR) is 115 cm³/mol. The molecule has 0 spiro atoms. The molecular weight excluding hydrogens is 438 g/mol. The Bertz CT molecular complexity index is 1110. The Balaban J connectivity index is 2.28. The third-order valence-electron chi connectivity index (χ3n) is 4.96. The molecule has 1 aromatic carbocycles. The number of fused-ring (bicyclic) bond motifs is 1. The first-order valence-electron chi connectivity index (χ1n) is 9.33. The fourth-order valence-electron chi connectivity index (χ4n) is 3.47. The van der Waals surface area contributed by atoms with Crippen LogP contribution in [0.3, 0.4) is 0 Å². The molecule has 0 aliphatic carbocycles. The second-order valence-electron chi connectivity index (χ2n) is 7.61. The van der Waals surface area contributed by atoms with Crippen molar-refractivity contribution >= 4 is 27.7 Å². The van der Waals surface area contributed by atoms with Gasteiger partial charge in [0.05, 0.1) is 23.7 Å². The van der Waals surface area contributed by atoms with Gasteiger partial charge in [-0.05, 0) is 30.5 Å². The average molecular weight is 462 g/mol. The molecule has 0 bridgehead atoms. The van der Waals surface area contributed by atoms with E-state index in [0.29, 0.717) is 22.7 Å². The number of nitrogens with zero attached hydrogens (tertiary/aromatic N) is 2. The molecule has 7 nitrogen and oxygen atoms in total. The van der Waals surface area contributed by atoms with E-state index in [1.165, 1.54) is 11.6 Å². The molecule has 1 N–H and O–H groups in total. The number of nitrogens with one attached hydrogen (secondary N) is 1. The highest BCUT2D eigenvalue weighted by atomic mass is 79.9. The van der Waals surface area contributed by atoms with Crippen molar-refractivity contribution in [3.63, 3.8) is 0 Å². The largest absolute Gasteiger partial charge is 0.462 e. The van der Waals surface area contributed by atoms with Crippen LogP contribution in [-0.2, 0) is 23.6 Å². The first kappa shape index (κ1) is 21.1. The van der Waals surface area contributed by atoms with Gasteiger partial charge in [0.25, 0.3) is 5.56 Å². The summed E-state index contributed by atoms with van der Waals surface area (Å²) in [4.78, 5) is 38.5. The molecule has 3 rings (SSSR count). The summed E-state index contributed by atoms with van der Waals surface area (Å²) in [7, 11) is 3.03. The number of ether oxygens (including phenoxy) is 1. The van der Waals surface area contributed by atoms with Gasteiger partial charge in [0.2, 0.25) is 0 Å². The predicted octanol–water partition coefficient (Wildman–Crippen LogP) is 2.88. The van der Waals surface area contributed by atoms with E-state index in [-0.39, 0.29) is 12.5 Å². The number of esters is 1. The summed E-state index contributed by atoms with van der Waals surface area (Å²) < 4.78 is 8.84. The van der Waals surface area contributed by atoms with Crippen molar-refractivity contribution in [3.8, 4) is 0 Å². The maximum atomic E-state index is 13.1. The van der Waals surface area contributed by atoms with Crippen LogP contribution in [0.2, 0.25) is 0 Å². The summed E-state index contributed by atoms with van der Waals surface area (Å²) >= 11 is 3.42. The van der Waals surface area contributed by atoms with Crippen molar-refractivity contribution in [2.45, 2.75) is 26.7 Å². The van der Waals surface area contributed by atoms with E-state index < -0.39 is 23.1 Å². The maximum absolute atomic E-state index is 13.1. The second kappa shape index (κ2) is 8.02. The van der Waals surface area contributed by atoms with Gasteiger partial charge in [-0.3, -0.25) is 13.9 Å². The number of hydrogen-bond donors (Lipinski definition) is 1. The van der Waals surface area contributed by atoms with Crippen molar-refractivity contribution in [1.82, 2.24) is 9.13 Å². The van der Waals surface area contributed by atoms with E-state index in [0.717, 1.165) is 14.6 Å². The first-order chi connectivity index (χ1) is 13.6. The van der Waals surface area contributed by atoms with Crippen LogP contribution < -0.4 is 16.6 Å². The van der Waals surface area contributed by atoms with E-state index in [1.54, 1.807) is 14.0 Å². The molecule has 0 saturated carbocycles. The van der Waals surface area contributed by atoms with Crippen LogP contribution in [0.4, 0.5) is 5.82 Å². The van der Waals surface area contributed by atoms with Crippen LogP contribution in [-0.4, -0.2) is 21.7 Å². The van der Waals surface area contributed by atoms with Crippen LogP contribution >= 0.6 is 15.9 Å². The van der Waals surface area contributed by atoms with Gasteiger partial charge in [0, 0.05) is 24.3 Å². The zero-order chi connectivity index (χ0) is 21.5.